The van der Waals surface area contributed by atoms with Gasteiger partial charge in [-0.25, -0.2) is 0 Å². The summed E-state index contributed by atoms with van der Waals surface area (Å²) in [7, 11) is 0. The van der Waals surface area contributed by atoms with Crippen molar-refractivity contribution in [1.29, 1.82) is 0 Å². The van der Waals surface area contributed by atoms with E-state index in [-0.39, 0.29) is 6.04 Å². The van der Waals surface area contributed by atoms with Crippen LogP contribution in [0.5, 0.6) is 0 Å². The Morgan fingerprint density at radius 1 is 1.17 bits per heavy atom. The van der Waals surface area contributed by atoms with E-state index in [0.29, 0.717) is 18.1 Å². The number of rotatable bonds is 5. The smallest absolute Gasteiger partial charge is 0.136 e. The maximum Gasteiger partial charge on any atom is 0.136 e. The van der Waals surface area contributed by atoms with Gasteiger partial charge in [0.15, 0.2) is 0 Å². The first-order chi connectivity index (χ1) is 8.77. The molecule has 0 saturated heterocycles. The molecule has 0 amide bonds. The molecule has 1 aliphatic carbocycles. The van der Waals surface area contributed by atoms with Crippen LogP contribution in [0.1, 0.15) is 56.6 Å². The topological polar surface area (TPSA) is 43.1 Å². The number of benzene rings is 1. The van der Waals surface area contributed by atoms with Gasteiger partial charge in [-0.05, 0) is 24.8 Å². The Kier molecular flexibility index (Phi) is 4.94. The van der Waals surface area contributed by atoms with Crippen LogP contribution in [-0.2, 0) is 4.79 Å². The summed E-state index contributed by atoms with van der Waals surface area (Å²) in [4.78, 5) is 12.1. The highest BCUT2D eigenvalue weighted by Crippen LogP contribution is 2.26. The molecule has 2 nitrogen and oxygen atoms in total. The molecule has 2 rings (SSSR count). The summed E-state index contributed by atoms with van der Waals surface area (Å²) in [6.07, 6.45) is 7.36. The molecule has 0 radical (unpaired) electrons. The number of nitrogens with two attached hydrogens (primary N) is 1. The molecule has 2 heteroatoms. The average molecular weight is 245 g/mol. The van der Waals surface area contributed by atoms with E-state index in [9.17, 15) is 4.79 Å². The van der Waals surface area contributed by atoms with Gasteiger partial charge in [-0.1, -0.05) is 49.6 Å². The van der Waals surface area contributed by atoms with Crippen molar-refractivity contribution in [2.24, 2.45) is 11.7 Å². The SMILES string of the molecule is NC(CCC(=O)C1CCCCC1)c1ccccc1. The van der Waals surface area contributed by atoms with Crippen molar-refractivity contribution < 1.29 is 4.79 Å². The zero-order valence-electron chi connectivity index (χ0n) is 11.0. The van der Waals surface area contributed by atoms with Crippen molar-refractivity contribution in [3.8, 4) is 0 Å². The molecule has 0 bridgehead atoms. The summed E-state index contributed by atoms with van der Waals surface area (Å²) < 4.78 is 0. The predicted molar refractivity (Wildman–Crippen MR) is 74.2 cm³/mol. The Morgan fingerprint density at radius 3 is 2.50 bits per heavy atom. The fourth-order valence-corrected chi connectivity index (χ4v) is 2.79. The van der Waals surface area contributed by atoms with Crippen molar-refractivity contribution in [1.82, 2.24) is 0 Å². The molecular weight excluding hydrogens is 222 g/mol. The van der Waals surface area contributed by atoms with Crippen LogP contribution in [0.25, 0.3) is 0 Å². The zero-order valence-corrected chi connectivity index (χ0v) is 11.0. The summed E-state index contributed by atoms with van der Waals surface area (Å²) in [6.45, 7) is 0. The van der Waals surface area contributed by atoms with Gasteiger partial charge in [0.2, 0.25) is 0 Å². The lowest BCUT2D eigenvalue weighted by atomic mass is 9.84. The van der Waals surface area contributed by atoms with Crippen molar-refractivity contribution in [3.05, 3.63) is 35.9 Å². The Hall–Kier alpha value is -1.15. The Balaban J connectivity index is 1.78. The molecule has 18 heavy (non-hydrogen) atoms. The maximum absolute atomic E-state index is 12.1. The van der Waals surface area contributed by atoms with E-state index in [1.54, 1.807) is 0 Å². The van der Waals surface area contributed by atoms with Gasteiger partial charge in [0.05, 0.1) is 0 Å². The van der Waals surface area contributed by atoms with Gasteiger partial charge in [0.25, 0.3) is 0 Å². The monoisotopic (exact) mass is 245 g/mol. The molecule has 2 N–H and O–H groups in total. The molecule has 0 heterocycles. The van der Waals surface area contributed by atoms with Crippen LogP contribution in [0, 0.1) is 5.92 Å². The fourth-order valence-electron chi connectivity index (χ4n) is 2.79. The highest BCUT2D eigenvalue weighted by molar-refractivity contribution is 5.81. The van der Waals surface area contributed by atoms with Crippen LogP contribution in [-0.4, -0.2) is 5.78 Å². The molecule has 1 aromatic rings. The fraction of sp³-hybridized carbons (Fsp3) is 0.562. The van der Waals surface area contributed by atoms with Crippen molar-refractivity contribution in [3.63, 3.8) is 0 Å². The first-order valence-corrected chi connectivity index (χ1v) is 7.10. The van der Waals surface area contributed by atoms with E-state index < -0.39 is 0 Å². The third kappa shape index (κ3) is 3.67. The van der Waals surface area contributed by atoms with Crippen LogP contribution in [0.4, 0.5) is 0 Å². The molecule has 98 valence electrons. The number of hydrogen-bond acceptors (Lipinski definition) is 2. The van der Waals surface area contributed by atoms with Crippen LogP contribution < -0.4 is 5.73 Å². The average Bonchev–Trinajstić information content (AvgIpc) is 2.46. The van der Waals surface area contributed by atoms with E-state index in [2.05, 4.69) is 0 Å². The number of Topliss-reactive ketones (excluding diaryl/α,β-unsaturated/α-hetero) is 1. The maximum atomic E-state index is 12.1. The summed E-state index contributed by atoms with van der Waals surface area (Å²) in [5.74, 6) is 0.753. The summed E-state index contributed by atoms with van der Waals surface area (Å²) in [5.41, 5.74) is 7.25. The van der Waals surface area contributed by atoms with E-state index in [1.165, 1.54) is 19.3 Å². The van der Waals surface area contributed by atoms with E-state index in [1.807, 2.05) is 30.3 Å². The van der Waals surface area contributed by atoms with Gasteiger partial charge in [-0.3, -0.25) is 4.79 Å². The highest BCUT2D eigenvalue weighted by atomic mass is 16.1. The molecule has 0 aliphatic heterocycles. The van der Waals surface area contributed by atoms with Gasteiger partial charge in [-0.2, -0.15) is 0 Å². The summed E-state index contributed by atoms with van der Waals surface area (Å²) >= 11 is 0. The molecule has 1 aliphatic rings. The van der Waals surface area contributed by atoms with Gasteiger partial charge in [-0.15, -0.1) is 0 Å². The molecule has 0 aromatic heterocycles. The van der Waals surface area contributed by atoms with Gasteiger partial charge in [0.1, 0.15) is 5.78 Å². The second-order valence-electron chi connectivity index (χ2n) is 5.36. The van der Waals surface area contributed by atoms with E-state index >= 15 is 0 Å². The van der Waals surface area contributed by atoms with Crippen molar-refractivity contribution >= 4 is 5.78 Å². The van der Waals surface area contributed by atoms with E-state index in [4.69, 9.17) is 5.73 Å². The second-order valence-corrected chi connectivity index (χ2v) is 5.36. The van der Waals surface area contributed by atoms with Crippen LogP contribution >= 0.6 is 0 Å². The zero-order chi connectivity index (χ0) is 12.8. The van der Waals surface area contributed by atoms with E-state index in [0.717, 1.165) is 24.8 Å². The molecule has 1 fully saturated rings. The normalized spacial score (nSPS) is 18.5. The number of carbonyl (C=O) groups excluding carboxylic acids is 1. The lowest BCUT2D eigenvalue weighted by Crippen LogP contribution is -2.19. The predicted octanol–water partition coefficient (Wildman–Crippen LogP) is 3.62. The standard InChI is InChI=1S/C16H23NO/c17-15(13-7-3-1-4-8-13)11-12-16(18)14-9-5-2-6-10-14/h1,3-4,7-8,14-15H,2,5-6,9-12,17H2. The van der Waals surface area contributed by atoms with Crippen molar-refractivity contribution in [2.45, 2.75) is 51.0 Å². The van der Waals surface area contributed by atoms with Gasteiger partial charge in [0, 0.05) is 18.4 Å². The molecular formula is C16H23NO. The first kappa shape index (κ1) is 13.3. The third-order valence-corrected chi connectivity index (χ3v) is 3.99. The minimum absolute atomic E-state index is 0.00117. The van der Waals surface area contributed by atoms with Crippen molar-refractivity contribution in [2.75, 3.05) is 0 Å². The van der Waals surface area contributed by atoms with Gasteiger partial charge >= 0.3 is 0 Å². The number of ketones is 1. The quantitative estimate of drug-likeness (QED) is 0.861. The Labute approximate surface area is 110 Å². The Morgan fingerprint density at radius 2 is 1.83 bits per heavy atom. The second kappa shape index (κ2) is 6.69. The van der Waals surface area contributed by atoms with Crippen LogP contribution in [0.15, 0.2) is 30.3 Å². The summed E-state index contributed by atoms with van der Waals surface area (Å²) in [5, 5.41) is 0. The molecule has 1 saturated carbocycles. The molecule has 1 atom stereocenters. The number of hydrogen-bond donors (Lipinski definition) is 1. The minimum Gasteiger partial charge on any atom is -0.324 e. The molecule has 0 spiro atoms. The minimum atomic E-state index is -0.00117. The van der Waals surface area contributed by atoms with Gasteiger partial charge < -0.3 is 5.73 Å². The summed E-state index contributed by atoms with van der Waals surface area (Å²) in [6, 6.07) is 10.1. The highest BCUT2D eigenvalue weighted by Gasteiger charge is 2.21. The Bertz CT molecular complexity index is 368. The largest absolute Gasteiger partial charge is 0.324 e. The lowest BCUT2D eigenvalue weighted by Gasteiger charge is -2.21. The first-order valence-electron chi connectivity index (χ1n) is 7.10. The van der Waals surface area contributed by atoms with Crippen LogP contribution in [0.2, 0.25) is 0 Å². The number of carbonyl (C=O) groups is 1. The third-order valence-electron chi connectivity index (χ3n) is 3.99. The molecule has 1 unspecified atom stereocenters. The lowest BCUT2D eigenvalue weighted by molar-refractivity contribution is -0.123. The molecule has 1 aromatic carbocycles. The van der Waals surface area contributed by atoms with Crippen LogP contribution in [0.3, 0.4) is 0 Å².